The molecule has 0 N–H and O–H groups in total. The van der Waals surface area contributed by atoms with Crippen molar-refractivity contribution >= 4 is 5.69 Å². The standard InChI is InChI=1S/C11H13NO4/c1-6-4-10-11(5-9(6)12(13)14)16-8(3)7(2)15-10/h4-5,7-8H,1-3H3. The van der Waals surface area contributed by atoms with E-state index in [9.17, 15) is 10.1 Å². The van der Waals surface area contributed by atoms with Gasteiger partial charge in [-0.25, -0.2) is 0 Å². The zero-order valence-electron chi connectivity index (χ0n) is 9.39. The van der Waals surface area contributed by atoms with E-state index in [-0.39, 0.29) is 17.9 Å². The molecule has 0 aromatic heterocycles. The van der Waals surface area contributed by atoms with E-state index >= 15 is 0 Å². The molecule has 2 atom stereocenters. The van der Waals surface area contributed by atoms with Gasteiger partial charge in [0, 0.05) is 5.56 Å². The van der Waals surface area contributed by atoms with E-state index in [0.29, 0.717) is 17.1 Å². The maximum absolute atomic E-state index is 10.8. The highest BCUT2D eigenvalue weighted by molar-refractivity contribution is 5.54. The first-order valence-corrected chi connectivity index (χ1v) is 5.11. The van der Waals surface area contributed by atoms with E-state index in [0.717, 1.165) is 0 Å². The molecule has 5 nitrogen and oxygen atoms in total. The average Bonchev–Trinajstić information content (AvgIpc) is 2.19. The van der Waals surface area contributed by atoms with Crippen LogP contribution in [-0.2, 0) is 0 Å². The molecule has 16 heavy (non-hydrogen) atoms. The number of hydrogen-bond acceptors (Lipinski definition) is 4. The molecule has 0 spiro atoms. The molecular weight excluding hydrogens is 210 g/mol. The normalized spacial score (nSPS) is 22.9. The van der Waals surface area contributed by atoms with Crippen LogP contribution in [0, 0.1) is 17.0 Å². The van der Waals surface area contributed by atoms with Crippen molar-refractivity contribution in [3.05, 3.63) is 27.8 Å². The van der Waals surface area contributed by atoms with Gasteiger partial charge in [-0.2, -0.15) is 0 Å². The number of fused-ring (bicyclic) bond motifs is 1. The van der Waals surface area contributed by atoms with Gasteiger partial charge in [0.05, 0.1) is 11.0 Å². The van der Waals surface area contributed by atoms with Gasteiger partial charge >= 0.3 is 0 Å². The molecule has 2 rings (SSSR count). The van der Waals surface area contributed by atoms with Gasteiger partial charge in [-0.05, 0) is 26.8 Å². The van der Waals surface area contributed by atoms with Crippen LogP contribution in [0.1, 0.15) is 19.4 Å². The molecule has 0 radical (unpaired) electrons. The second-order valence-corrected chi connectivity index (χ2v) is 3.99. The van der Waals surface area contributed by atoms with Gasteiger partial charge in [0.15, 0.2) is 11.5 Å². The Kier molecular flexibility index (Phi) is 2.46. The van der Waals surface area contributed by atoms with Crippen molar-refractivity contribution in [3.63, 3.8) is 0 Å². The predicted octanol–water partition coefficient (Wildman–Crippen LogP) is 2.45. The van der Waals surface area contributed by atoms with Crippen LogP contribution >= 0.6 is 0 Å². The number of ether oxygens (including phenoxy) is 2. The fraction of sp³-hybridized carbons (Fsp3) is 0.455. The zero-order chi connectivity index (χ0) is 11.9. The van der Waals surface area contributed by atoms with Crippen molar-refractivity contribution in [2.75, 3.05) is 0 Å². The first kappa shape index (κ1) is 10.7. The monoisotopic (exact) mass is 223 g/mol. The quantitative estimate of drug-likeness (QED) is 0.542. The largest absolute Gasteiger partial charge is 0.483 e. The summed E-state index contributed by atoms with van der Waals surface area (Å²) < 4.78 is 11.2. The van der Waals surface area contributed by atoms with Crippen LogP contribution in [0.3, 0.4) is 0 Å². The number of nitro benzene ring substituents is 1. The molecule has 0 amide bonds. The molecule has 0 aliphatic carbocycles. The molecule has 1 aliphatic rings. The lowest BCUT2D eigenvalue weighted by atomic mass is 10.1. The van der Waals surface area contributed by atoms with Gasteiger partial charge < -0.3 is 9.47 Å². The minimum atomic E-state index is -0.415. The van der Waals surface area contributed by atoms with Gasteiger partial charge in [0.2, 0.25) is 0 Å². The summed E-state index contributed by atoms with van der Waals surface area (Å²) in [6.07, 6.45) is -0.150. The summed E-state index contributed by atoms with van der Waals surface area (Å²) in [6.45, 7) is 5.47. The lowest BCUT2D eigenvalue weighted by Gasteiger charge is -2.29. The van der Waals surface area contributed by atoms with E-state index in [1.54, 1.807) is 13.0 Å². The second-order valence-electron chi connectivity index (χ2n) is 3.99. The number of benzene rings is 1. The van der Waals surface area contributed by atoms with Gasteiger partial charge in [-0.15, -0.1) is 0 Å². The average molecular weight is 223 g/mol. The maximum atomic E-state index is 10.8. The molecule has 5 heteroatoms. The Morgan fingerprint density at radius 2 is 1.69 bits per heavy atom. The number of nitrogens with zero attached hydrogens (tertiary/aromatic N) is 1. The van der Waals surface area contributed by atoms with Gasteiger partial charge in [0.25, 0.3) is 5.69 Å². The highest BCUT2D eigenvalue weighted by Crippen LogP contribution is 2.38. The minimum absolute atomic E-state index is 0.0478. The van der Waals surface area contributed by atoms with Crippen molar-refractivity contribution in [1.82, 2.24) is 0 Å². The Morgan fingerprint density at radius 3 is 2.19 bits per heavy atom. The number of hydrogen-bond donors (Lipinski definition) is 0. The molecular formula is C11H13NO4. The third-order valence-corrected chi connectivity index (χ3v) is 2.75. The molecule has 0 saturated carbocycles. The molecule has 1 aromatic carbocycles. The first-order valence-electron chi connectivity index (χ1n) is 5.11. The summed E-state index contributed by atoms with van der Waals surface area (Å²) >= 11 is 0. The Balaban J connectivity index is 2.46. The lowest BCUT2D eigenvalue weighted by molar-refractivity contribution is -0.385. The summed E-state index contributed by atoms with van der Waals surface area (Å²) in [5.74, 6) is 1.02. The lowest BCUT2D eigenvalue weighted by Crippen LogP contribution is -2.35. The van der Waals surface area contributed by atoms with Crippen LogP contribution in [0.2, 0.25) is 0 Å². The minimum Gasteiger partial charge on any atom is -0.483 e. The third kappa shape index (κ3) is 1.68. The van der Waals surface area contributed by atoms with Crippen LogP contribution in [0.4, 0.5) is 5.69 Å². The molecule has 2 unspecified atom stereocenters. The fourth-order valence-electron chi connectivity index (χ4n) is 1.62. The highest BCUT2D eigenvalue weighted by Gasteiger charge is 2.27. The van der Waals surface area contributed by atoms with Crippen molar-refractivity contribution in [2.24, 2.45) is 0 Å². The molecule has 1 aliphatic heterocycles. The highest BCUT2D eigenvalue weighted by atomic mass is 16.6. The number of aryl methyl sites for hydroxylation is 1. The van der Waals surface area contributed by atoms with E-state index < -0.39 is 4.92 Å². The smallest absolute Gasteiger partial charge is 0.276 e. The van der Waals surface area contributed by atoms with Crippen molar-refractivity contribution in [2.45, 2.75) is 33.0 Å². The SMILES string of the molecule is Cc1cc2c(cc1[N+](=O)[O-])OC(C)C(C)O2. The van der Waals surface area contributed by atoms with Crippen LogP contribution in [0.25, 0.3) is 0 Å². The Bertz CT molecular complexity index is 444. The third-order valence-electron chi connectivity index (χ3n) is 2.75. The van der Waals surface area contributed by atoms with E-state index in [2.05, 4.69) is 0 Å². The Hall–Kier alpha value is -1.78. The molecule has 0 bridgehead atoms. The van der Waals surface area contributed by atoms with Crippen molar-refractivity contribution in [3.8, 4) is 11.5 Å². The van der Waals surface area contributed by atoms with Crippen LogP contribution in [0.15, 0.2) is 12.1 Å². The number of nitro groups is 1. The Labute approximate surface area is 93.1 Å². The molecule has 86 valence electrons. The van der Waals surface area contributed by atoms with Gasteiger partial charge in [0.1, 0.15) is 12.2 Å². The van der Waals surface area contributed by atoms with E-state index in [1.165, 1.54) is 6.07 Å². The number of rotatable bonds is 1. The van der Waals surface area contributed by atoms with E-state index in [4.69, 9.17) is 9.47 Å². The van der Waals surface area contributed by atoms with Crippen LogP contribution in [-0.4, -0.2) is 17.1 Å². The Morgan fingerprint density at radius 1 is 1.19 bits per heavy atom. The van der Waals surface area contributed by atoms with Crippen LogP contribution in [0.5, 0.6) is 11.5 Å². The molecule has 1 heterocycles. The topological polar surface area (TPSA) is 61.6 Å². The van der Waals surface area contributed by atoms with Gasteiger partial charge in [-0.3, -0.25) is 10.1 Å². The van der Waals surface area contributed by atoms with E-state index in [1.807, 2.05) is 13.8 Å². The van der Waals surface area contributed by atoms with Crippen molar-refractivity contribution in [1.29, 1.82) is 0 Å². The molecule has 1 aromatic rings. The predicted molar refractivity (Wildman–Crippen MR) is 58.0 cm³/mol. The second kappa shape index (κ2) is 3.66. The first-order chi connectivity index (χ1) is 7.49. The molecule has 0 saturated heterocycles. The summed E-state index contributed by atoms with van der Waals surface area (Å²) in [7, 11) is 0. The summed E-state index contributed by atoms with van der Waals surface area (Å²) in [6, 6.07) is 3.07. The summed E-state index contributed by atoms with van der Waals surface area (Å²) in [5.41, 5.74) is 0.637. The molecule has 0 fully saturated rings. The summed E-state index contributed by atoms with van der Waals surface area (Å²) in [4.78, 5) is 10.3. The van der Waals surface area contributed by atoms with Gasteiger partial charge in [-0.1, -0.05) is 0 Å². The van der Waals surface area contributed by atoms with Crippen molar-refractivity contribution < 1.29 is 14.4 Å². The van der Waals surface area contributed by atoms with Crippen LogP contribution < -0.4 is 9.47 Å². The summed E-state index contributed by atoms with van der Waals surface area (Å²) in [5, 5.41) is 10.8. The fourth-order valence-corrected chi connectivity index (χ4v) is 1.62. The maximum Gasteiger partial charge on any atom is 0.276 e. The zero-order valence-corrected chi connectivity index (χ0v) is 9.39.